The van der Waals surface area contributed by atoms with Gasteiger partial charge in [0.15, 0.2) is 0 Å². The fourth-order valence-electron chi connectivity index (χ4n) is 3.42. The fraction of sp³-hybridized carbons (Fsp3) is 0.444. The molecule has 33 heavy (non-hydrogen) atoms. The van der Waals surface area contributed by atoms with Crippen LogP contribution in [-0.4, -0.2) is 36.9 Å². The third-order valence-electron chi connectivity index (χ3n) is 5.38. The molecule has 1 aromatic carbocycles. The second kappa shape index (κ2) is 14.7. The Morgan fingerprint density at radius 2 is 1.94 bits per heavy atom. The van der Waals surface area contributed by atoms with Crippen molar-refractivity contribution in [3.05, 3.63) is 65.3 Å². The summed E-state index contributed by atoms with van der Waals surface area (Å²) in [4.78, 5) is 8.69. The zero-order valence-corrected chi connectivity index (χ0v) is 21.5. The van der Waals surface area contributed by atoms with Crippen molar-refractivity contribution in [2.45, 2.75) is 47.5 Å². The summed E-state index contributed by atoms with van der Waals surface area (Å²) in [6, 6.07) is 10.5. The van der Waals surface area contributed by atoms with Gasteiger partial charge in [-0.1, -0.05) is 57.6 Å². The van der Waals surface area contributed by atoms with Crippen LogP contribution in [0.25, 0.3) is 0 Å². The fourth-order valence-corrected chi connectivity index (χ4v) is 4.34. The maximum atomic E-state index is 10.8. The van der Waals surface area contributed by atoms with E-state index in [9.17, 15) is 4.39 Å². The van der Waals surface area contributed by atoms with E-state index < -0.39 is 0 Å². The minimum absolute atomic E-state index is 0.556. The summed E-state index contributed by atoms with van der Waals surface area (Å²) in [5.41, 5.74) is 3.34. The summed E-state index contributed by atoms with van der Waals surface area (Å²) in [7, 11) is 0. The molecule has 0 spiro atoms. The van der Waals surface area contributed by atoms with Crippen molar-refractivity contribution in [2.24, 2.45) is 10.9 Å². The first-order chi connectivity index (χ1) is 16.0. The molecule has 0 bridgehead atoms. The van der Waals surface area contributed by atoms with Gasteiger partial charge in [0.05, 0.1) is 23.3 Å². The van der Waals surface area contributed by atoms with E-state index in [1.54, 1.807) is 11.3 Å². The predicted molar refractivity (Wildman–Crippen MR) is 144 cm³/mol. The Hall–Kier alpha value is -2.44. The maximum absolute atomic E-state index is 10.8. The van der Waals surface area contributed by atoms with Crippen LogP contribution in [0.2, 0.25) is 0 Å². The first-order valence-electron chi connectivity index (χ1n) is 11.9. The number of thiophene rings is 1. The lowest BCUT2D eigenvalue weighted by molar-refractivity contribution is 0.358. The Bertz CT molecular complexity index is 926. The van der Waals surface area contributed by atoms with Crippen molar-refractivity contribution in [3.63, 3.8) is 0 Å². The van der Waals surface area contributed by atoms with Crippen LogP contribution >= 0.6 is 11.3 Å². The summed E-state index contributed by atoms with van der Waals surface area (Å²) in [6.45, 7) is 14.6. The Kier molecular flexibility index (Phi) is 11.9. The number of rotatable bonds is 3. The van der Waals surface area contributed by atoms with E-state index in [1.165, 1.54) is 27.9 Å². The molecule has 4 rings (SSSR count). The van der Waals surface area contributed by atoms with Gasteiger partial charge in [0.2, 0.25) is 0 Å². The molecule has 0 amide bonds. The highest BCUT2D eigenvalue weighted by molar-refractivity contribution is 7.16. The highest BCUT2D eigenvalue weighted by Gasteiger charge is 2.24. The van der Waals surface area contributed by atoms with Gasteiger partial charge in [-0.05, 0) is 44.4 Å². The summed E-state index contributed by atoms with van der Waals surface area (Å²) >= 11 is 1.80. The van der Waals surface area contributed by atoms with Crippen molar-refractivity contribution in [2.75, 3.05) is 31.5 Å². The van der Waals surface area contributed by atoms with Crippen molar-refractivity contribution >= 4 is 33.5 Å². The van der Waals surface area contributed by atoms with E-state index in [2.05, 4.69) is 79.6 Å². The molecule has 1 unspecified atom stereocenters. The van der Waals surface area contributed by atoms with Gasteiger partial charge in [-0.25, -0.2) is 9.38 Å². The predicted octanol–water partition coefficient (Wildman–Crippen LogP) is 7.59. The molecule has 2 aliphatic rings. The number of anilines is 2. The Morgan fingerprint density at radius 1 is 1.21 bits per heavy atom. The van der Waals surface area contributed by atoms with E-state index in [-0.39, 0.29) is 0 Å². The first kappa shape index (κ1) is 26.8. The Morgan fingerprint density at radius 3 is 2.52 bits per heavy atom. The lowest BCUT2D eigenvalue weighted by Gasteiger charge is -2.30. The third-order valence-corrected chi connectivity index (χ3v) is 6.35. The van der Waals surface area contributed by atoms with Crippen LogP contribution in [0, 0.1) is 12.8 Å². The molecule has 2 aromatic rings. The summed E-state index contributed by atoms with van der Waals surface area (Å²) in [5, 5.41) is 8.17. The van der Waals surface area contributed by atoms with Crippen LogP contribution in [0.4, 0.5) is 20.8 Å². The van der Waals surface area contributed by atoms with Gasteiger partial charge in [-0.15, -0.1) is 11.3 Å². The molecular weight excluding hydrogens is 431 g/mol. The number of nitrogens with zero attached hydrogens (tertiary/aromatic N) is 2. The van der Waals surface area contributed by atoms with Crippen LogP contribution in [-0.2, 0) is 0 Å². The van der Waals surface area contributed by atoms with E-state index in [1.807, 2.05) is 13.0 Å². The number of aryl methyl sites for hydroxylation is 1. The molecular formula is C27H39FN4S. The number of para-hydroxylation sites is 2. The second-order valence-corrected chi connectivity index (χ2v) is 9.35. The minimum Gasteiger partial charge on any atom is -0.353 e. The normalized spacial score (nSPS) is 15.8. The first-order valence-corrected chi connectivity index (χ1v) is 12.7. The minimum atomic E-state index is 0.556. The molecule has 1 fully saturated rings. The number of benzene rings is 1. The lowest BCUT2D eigenvalue weighted by atomic mass is 10.1. The van der Waals surface area contributed by atoms with Crippen LogP contribution in [0.3, 0.4) is 0 Å². The largest absolute Gasteiger partial charge is 0.353 e. The molecule has 3 heterocycles. The molecule has 0 radical (unpaired) electrons. The van der Waals surface area contributed by atoms with Crippen LogP contribution < -0.4 is 10.6 Å². The van der Waals surface area contributed by atoms with E-state index in [0.717, 1.165) is 55.7 Å². The summed E-state index contributed by atoms with van der Waals surface area (Å²) in [6.07, 6.45) is 8.38. The standard InChI is InChI=1S/C16H18N4S.C7H14.C4H7F/c1-11-10-12-15(20-8-6-17-7-9-20)18-13-4-2-3-5-14(13)19-16(12)21-11;1-4-6-7(3)5-2;1-2-3-4-5/h2-5,10,17,19H,6-9H2,1H3;4,6-7H,5H2,1-3H3;3-4H,2H2,1H3/b;6-4-;4-3+. The van der Waals surface area contributed by atoms with Gasteiger partial charge in [-0.3, -0.25) is 0 Å². The number of hydrogen-bond acceptors (Lipinski definition) is 5. The van der Waals surface area contributed by atoms with Gasteiger partial charge in [0.25, 0.3) is 0 Å². The number of piperazine rings is 1. The second-order valence-electron chi connectivity index (χ2n) is 8.10. The van der Waals surface area contributed by atoms with Crippen LogP contribution in [0.5, 0.6) is 0 Å². The SMILES string of the molecule is C/C=C\C(C)CC.CC/C=C/F.Cc1cc2c(s1)Nc1ccccc1N=C2N1CCNCC1. The van der Waals surface area contributed by atoms with Gasteiger partial charge in [0, 0.05) is 31.1 Å². The number of aliphatic imine (C=N–C) groups is 1. The van der Waals surface area contributed by atoms with Gasteiger partial charge >= 0.3 is 0 Å². The van der Waals surface area contributed by atoms with Gasteiger partial charge < -0.3 is 15.5 Å². The van der Waals surface area contributed by atoms with Crippen molar-refractivity contribution in [3.8, 4) is 0 Å². The highest BCUT2D eigenvalue weighted by Crippen LogP contribution is 2.38. The van der Waals surface area contributed by atoms with Crippen molar-refractivity contribution in [1.82, 2.24) is 10.2 Å². The van der Waals surface area contributed by atoms with Crippen molar-refractivity contribution < 1.29 is 4.39 Å². The summed E-state index contributed by atoms with van der Waals surface area (Å²) < 4.78 is 10.8. The van der Waals surface area contributed by atoms with Crippen LogP contribution in [0.1, 0.15) is 51.0 Å². The smallest absolute Gasteiger partial charge is 0.139 e. The molecule has 1 saturated heterocycles. The molecule has 6 heteroatoms. The Labute approximate surface area is 203 Å². The zero-order valence-electron chi connectivity index (χ0n) is 20.7. The number of allylic oxidation sites excluding steroid dienone is 3. The highest BCUT2D eigenvalue weighted by atomic mass is 32.1. The number of hydrogen-bond donors (Lipinski definition) is 2. The van der Waals surface area contributed by atoms with E-state index in [0.29, 0.717) is 6.33 Å². The molecule has 1 atom stereocenters. The van der Waals surface area contributed by atoms with Crippen LogP contribution in [0.15, 0.2) is 59.9 Å². The van der Waals surface area contributed by atoms with E-state index in [4.69, 9.17) is 4.99 Å². The Balaban J connectivity index is 0.000000269. The molecule has 2 N–H and O–H groups in total. The lowest BCUT2D eigenvalue weighted by Crippen LogP contribution is -2.46. The van der Waals surface area contributed by atoms with E-state index >= 15 is 0 Å². The molecule has 2 aliphatic heterocycles. The molecule has 0 aliphatic carbocycles. The topological polar surface area (TPSA) is 39.7 Å². The number of fused-ring (bicyclic) bond motifs is 2. The number of halogens is 1. The third kappa shape index (κ3) is 8.45. The quantitative estimate of drug-likeness (QED) is 0.454. The average Bonchev–Trinajstić information content (AvgIpc) is 3.12. The maximum Gasteiger partial charge on any atom is 0.139 e. The molecule has 1 aromatic heterocycles. The van der Waals surface area contributed by atoms with Crippen molar-refractivity contribution in [1.29, 1.82) is 0 Å². The molecule has 0 saturated carbocycles. The summed E-state index contributed by atoms with van der Waals surface area (Å²) in [5.74, 6) is 1.87. The van der Waals surface area contributed by atoms with Gasteiger partial charge in [-0.2, -0.15) is 0 Å². The average molecular weight is 471 g/mol. The number of nitrogens with one attached hydrogen (secondary N) is 2. The molecule has 180 valence electrons. The number of amidine groups is 1. The molecule has 4 nitrogen and oxygen atoms in total. The zero-order chi connectivity index (χ0) is 24.1. The monoisotopic (exact) mass is 470 g/mol. The van der Waals surface area contributed by atoms with Gasteiger partial charge in [0.1, 0.15) is 10.8 Å².